The van der Waals surface area contributed by atoms with Gasteiger partial charge in [0, 0.05) is 5.69 Å². The molecule has 88 valence electrons. The Morgan fingerprint density at radius 3 is 2.88 bits per heavy atom. The lowest BCUT2D eigenvalue weighted by Gasteiger charge is -2.14. The van der Waals surface area contributed by atoms with Gasteiger partial charge in [0.2, 0.25) is 0 Å². The van der Waals surface area contributed by atoms with Gasteiger partial charge in [-0.1, -0.05) is 26.3 Å². The molecule has 1 atom stereocenters. The molecule has 0 saturated carbocycles. The van der Waals surface area contributed by atoms with Gasteiger partial charge in [-0.3, -0.25) is 0 Å². The van der Waals surface area contributed by atoms with Gasteiger partial charge in [-0.15, -0.1) is 6.58 Å². The average molecular weight is 219 g/mol. The number of hydrogen-bond donors (Lipinski definition) is 1. The molecule has 0 amide bonds. The molecule has 0 radical (unpaired) electrons. The van der Waals surface area contributed by atoms with Gasteiger partial charge in [0.15, 0.2) is 0 Å². The fraction of sp³-hybridized carbons (Fsp3) is 0.429. The van der Waals surface area contributed by atoms with Crippen molar-refractivity contribution in [3.05, 3.63) is 36.4 Å². The first-order chi connectivity index (χ1) is 7.67. The summed E-state index contributed by atoms with van der Waals surface area (Å²) < 4.78 is 5.79. The minimum atomic E-state index is 0.578. The quantitative estimate of drug-likeness (QED) is 0.587. The SMILES string of the molecule is C=CCc1cc(N)ccc1OCC(C)CC. The Bertz CT molecular complexity index is 347. The van der Waals surface area contributed by atoms with E-state index in [1.807, 2.05) is 24.3 Å². The summed E-state index contributed by atoms with van der Waals surface area (Å²) in [5.41, 5.74) is 7.63. The van der Waals surface area contributed by atoms with Crippen LogP contribution in [0.2, 0.25) is 0 Å². The van der Waals surface area contributed by atoms with Crippen molar-refractivity contribution in [2.75, 3.05) is 12.3 Å². The second kappa shape index (κ2) is 6.21. The lowest BCUT2D eigenvalue weighted by molar-refractivity contribution is 0.255. The first-order valence-electron chi connectivity index (χ1n) is 5.79. The van der Waals surface area contributed by atoms with E-state index in [0.717, 1.165) is 36.4 Å². The number of hydrogen-bond acceptors (Lipinski definition) is 2. The summed E-state index contributed by atoms with van der Waals surface area (Å²) in [6.07, 6.45) is 3.79. The maximum atomic E-state index is 5.79. The smallest absolute Gasteiger partial charge is 0.122 e. The Balaban J connectivity index is 2.73. The standard InChI is InChI=1S/C14H21NO/c1-4-6-12-9-13(15)7-8-14(12)16-10-11(3)5-2/h4,7-9,11H,1,5-6,10,15H2,2-3H3. The number of anilines is 1. The predicted octanol–water partition coefficient (Wildman–Crippen LogP) is 3.42. The van der Waals surface area contributed by atoms with Gasteiger partial charge >= 0.3 is 0 Å². The van der Waals surface area contributed by atoms with Gasteiger partial charge in [0.25, 0.3) is 0 Å². The molecule has 2 heteroatoms. The van der Waals surface area contributed by atoms with Crippen molar-refractivity contribution in [1.82, 2.24) is 0 Å². The molecule has 0 aliphatic heterocycles. The highest BCUT2D eigenvalue weighted by atomic mass is 16.5. The van der Waals surface area contributed by atoms with E-state index in [2.05, 4.69) is 20.4 Å². The van der Waals surface area contributed by atoms with Crippen LogP contribution in [0.4, 0.5) is 5.69 Å². The van der Waals surface area contributed by atoms with E-state index < -0.39 is 0 Å². The van der Waals surface area contributed by atoms with Crippen LogP contribution in [0.1, 0.15) is 25.8 Å². The van der Waals surface area contributed by atoms with Crippen molar-refractivity contribution in [2.45, 2.75) is 26.7 Å². The molecule has 0 aliphatic rings. The van der Waals surface area contributed by atoms with Crippen molar-refractivity contribution in [2.24, 2.45) is 5.92 Å². The van der Waals surface area contributed by atoms with Gasteiger partial charge in [0.1, 0.15) is 5.75 Å². The molecule has 1 rings (SSSR count). The first kappa shape index (κ1) is 12.6. The third-order valence-electron chi connectivity index (χ3n) is 2.67. The Morgan fingerprint density at radius 1 is 1.50 bits per heavy atom. The molecule has 0 fully saturated rings. The zero-order chi connectivity index (χ0) is 12.0. The Kier molecular flexibility index (Phi) is 4.90. The molecule has 16 heavy (non-hydrogen) atoms. The summed E-state index contributed by atoms with van der Waals surface area (Å²) in [5.74, 6) is 1.50. The number of ether oxygens (including phenoxy) is 1. The van der Waals surface area contributed by atoms with Crippen LogP contribution in [0, 0.1) is 5.92 Å². The highest BCUT2D eigenvalue weighted by molar-refractivity contribution is 5.48. The molecule has 2 nitrogen and oxygen atoms in total. The maximum Gasteiger partial charge on any atom is 0.122 e. The highest BCUT2D eigenvalue weighted by Crippen LogP contribution is 2.23. The maximum absolute atomic E-state index is 5.79. The van der Waals surface area contributed by atoms with Gasteiger partial charge in [-0.25, -0.2) is 0 Å². The molecular formula is C14H21NO. The van der Waals surface area contributed by atoms with Crippen molar-refractivity contribution in [3.8, 4) is 5.75 Å². The highest BCUT2D eigenvalue weighted by Gasteiger charge is 2.05. The molecule has 0 bridgehead atoms. The zero-order valence-electron chi connectivity index (χ0n) is 10.2. The average Bonchev–Trinajstić information content (AvgIpc) is 2.28. The number of allylic oxidation sites excluding steroid dienone is 1. The van der Waals surface area contributed by atoms with Crippen LogP contribution in [0.5, 0.6) is 5.75 Å². The van der Waals surface area contributed by atoms with Gasteiger partial charge in [0.05, 0.1) is 6.61 Å². The van der Waals surface area contributed by atoms with E-state index in [0.29, 0.717) is 5.92 Å². The molecule has 1 aromatic carbocycles. The fourth-order valence-electron chi connectivity index (χ4n) is 1.41. The van der Waals surface area contributed by atoms with Crippen LogP contribution in [-0.4, -0.2) is 6.61 Å². The molecular weight excluding hydrogens is 198 g/mol. The van der Waals surface area contributed by atoms with Gasteiger partial charge in [-0.2, -0.15) is 0 Å². The van der Waals surface area contributed by atoms with Crippen molar-refractivity contribution < 1.29 is 4.74 Å². The van der Waals surface area contributed by atoms with E-state index in [4.69, 9.17) is 10.5 Å². The first-order valence-corrected chi connectivity index (χ1v) is 5.79. The second-order valence-corrected chi connectivity index (χ2v) is 4.18. The minimum absolute atomic E-state index is 0.578. The van der Waals surface area contributed by atoms with Crippen molar-refractivity contribution >= 4 is 5.69 Å². The largest absolute Gasteiger partial charge is 0.493 e. The summed E-state index contributed by atoms with van der Waals surface area (Å²) >= 11 is 0. The van der Waals surface area contributed by atoms with E-state index in [1.165, 1.54) is 0 Å². The van der Waals surface area contributed by atoms with Crippen LogP contribution in [0.25, 0.3) is 0 Å². The molecule has 1 aromatic rings. The molecule has 1 unspecified atom stereocenters. The number of nitrogens with two attached hydrogens (primary N) is 1. The molecule has 0 spiro atoms. The third kappa shape index (κ3) is 3.61. The topological polar surface area (TPSA) is 35.2 Å². The van der Waals surface area contributed by atoms with Gasteiger partial charge < -0.3 is 10.5 Å². The Hall–Kier alpha value is -1.44. The van der Waals surface area contributed by atoms with E-state index in [1.54, 1.807) is 0 Å². The monoisotopic (exact) mass is 219 g/mol. The van der Waals surface area contributed by atoms with Crippen molar-refractivity contribution in [3.63, 3.8) is 0 Å². The Labute approximate surface area is 98.1 Å². The molecule has 0 aromatic heterocycles. The lowest BCUT2D eigenvalue weighted by atomic mass is 10.1. The molecule has 0 heterocycles. The zero-order valence-corrected chi connectivity index (χ0v) is 10.2. The third-order valence-corrected chi connectivity index (χ3v) is 2.67. The number of nitrogen functional groups attached to an aromatic ring is 1. The van der Waals surface area contributed by atoms with Crippen molar-refractivity contribution in [1.29, 1.82) is 0 Å². The van der Waals surface area contributed by atoms with Crippen LogP contribution < -0.4 is 10.5 Å². The summed E-state index contributed by atoms with van der Waals surface area (Å²) in [7, 11) is 0. The van der Waals surface area contributed by atoms with Crippen LogP contribution >= 0.6 is 0 Å². The van der Waals surface area contributed by atoms with Crippen LogP contribution in [-0.2, 0) is 6.42 Å². The van der Waals surface area contributed by atoms with E-state index >= 15 is 0 Å². The van der Waals surface area contributed by atoms with Crippen LogP contribution in [0.3, 0.4) is 0 Å². The van der Waals surface area contributed by atoms with Crippen LogP contribution in [0.15, 0.2) is 30.9 Å². The van der Waals surface area contributed by atoms with E-state index in [-0.39, 0.29) is 0 Å². The number of rotatable bonds is 6. The summed E-state index contributed by atoms with van der Waals surface area (Å²) in [6, 6.07) is 5.77. The predicted molar refractivity (Wildman–Crippen MR) is 69.7 cm³/mol. The van der Waals surface area contributed by atoms with E-state index in [9.17, 15) is 0 Å². The fourth-order valence-corrected chi connectivity index (χ4v) is 1.41. The summed E-state index contributed by atoms with van der Waals surface area (Å²) in [5, 5.41) is 0. The summed E-state index contributed by atoms with van der Waals surface area (Å²) in [4.78, 5) is 0. The number of benzene rings is 1. The normalized spacial score (nSPS) is 12.1. The molecule has 2 N–H and O–H groups in total. The molecule has 0 saturated heterocycles. The second-order valence-electron chi connectivity index (χ2n) is 4.18. The lowest BCUT2D eigenvalue weighted by Crippen LogP contribution is -2.08. The summed E-state index contributed by atoms with van der Waals surface area (Å²) in [6.45, 7) is 8.85. The Morgan fingerprint density at radius 2 is 2.25 bits per heavy atom. The van der Waals surface area contributed by atoms with Gasteiger partial charge in [-0.05, 0) is 36.1 Å². The molecule has 0 aliphatic carbocycles. The minimum Gasteiger partial charge on any atom is -0.493 e.